The van der Waals surface area contributed by atoms with Gasteiger partial charge >= 0.3 is 0 Å². The maximum absolute atomic E-state index is 5.79. The van der Waals surface area contributed by atoms with Crippen LogP contribution in [-0.4, -0.2) is 31.2 Å². The van der Waals surface area contributed by atoms with Crippen LogP contribution in [-0.2, 0) is 0 Å². The van der Waals surface area contributed by atoms with Gasteiger partial charge in [-0.3, -0.25) is 0 Å². The van der Waals surface area contributed by atoms with Crippen molar-refractivity contribution in [2.75, 3.05) is 25.1 Å². The minimum Gasteiger partial charge on any atom is -0.495 e. The number of hydrogen-bond acceptors (Lipinski definition) is 4. The molecule has 0 aromatic carbocycles. The van der Waals surface area contributed by atoms with Crippen molar-refractivity contribution in [1.29, 1.82) is 0 Å². The van der Waals surface area contributed by atoms with Crippen molar-refractivity contribution in [2.45, 2.75) is 25.3 Å². The van der Waals surface area contributed by atoms with E-state index in [2.05, 4.69) is 9.88 Å². The SMILES string of the molecule is COc1ccc(N2CCCCC2CN)nc1. The van der Waals surface area contributed by atoms with E-state index in [1.165, 1.54) is 19.3 Å². The standard InChI is InChI=1S/C12H19N3O/c1-16-11-5-6-12(14-9-11)15-7-3-2-4-10(15)8-13/h5-6,9-10H,2-4,7-8,13H2,1H3. The summed E-state index contributed by atoms with van der Waals surface area (Å²) >= 11 is 0. The van der Waals surface area contributed by atoms with Crippen LogP contribution in [0, 0.1) is 0 Å². The van der Waals surface area contributed by atoms with Crippen LogP contribution in [0.4, 0.5) is 5.82 Å². The van der Waals surface area contributed by atoms with Gasteiger partial charge in [0.15, 0.2) is 0 Å². The molecular weight excluding hydrogens is 202 g/mol. The number of hydrogen-bond donors (Lipinski definition) is 1. The van der Waals surface area contributed by atoms with Gasteiger partial charge < -0.3 is 15.4 Å². The highest BCUT2D eigenvalue weighted by atomic mass is 16.5. The molecule has 88 valence electrons. The summed E-state index contributed by atoms with van der Waals surface area (Å²) in [4.78, 5) is 6.73. The number of pyridine rings is 1. The van der Waals surface area contributed by atoms with E-state index in [4.69, 9.17) is 10.5 Å². The molecule has 2 rings (SSSR count). The second kappa shape index (κ2) is 5.16. The number of nitrogens with zero attached hydrogens (tertiary/aromatic N) is 2. The van der Waals surface area contributed by atoms with E-state index in [0.717, 1.165) is 18.1 Å². The monoisotopic (exact) mass is 221 g/mol. The van der Waals surface area contributed by atoms with Gasteiger partial charge in [-0.25, -0.2) is 4.98 Å². The van der Waals surface area contributed by atoms with E-state index in [9.17, 15) is 0 Å². The summed E-state index contributed by atoms with van der Waals surface area (Å²) < 4.78 is 5.10. The van der Waals surface area contributed by atoms with Crippen LogP contribution >= 0.6 is 0 Å². The van der Waals surface area contributed by atoms with Crippen molar-refractivity contribution in [3.8, 4) is 5.75 Å². The minimum atomic E-state index is 0.439. The first-order valence-electron chi connectivity index (χ1n) is 5.82. The molecule has 0 amide bonds. The lowest BCUT2D eigenvalue weighted by Gasteiger charge is -2.35. The van der Waals surface area contributed by atoms with Gasteiger partial charge in [0.2, 0.25) is 0 Å². The quantitative estimate of drug-likeness (QED) is 0.838. The van der Waals surface area contributed by atoms with Crippen LogP contribution in [0.5, 0.6) is 5.75 Å². The molecule has 1 aliphatic heterocycles. The largest absolute Gasteiger partial charge is 0.495 e. The van der Waals surface area contributed by atoms with Gasteiger partial charge in [-0.2, -0.15) is 0 Å². The van der Waals surface area contributed by atoms with Crippen LogP contribution in [0.15, 0.2) is 18.3 Å². The third kappa shape index (κ3) is 2.27. The average molecular weight is 221 g/mol. The topological polar surface area (TPSA) is 51.4 Å². The lowest BCUT2D eigenvalue weighted by atomic mass is 10.0. The van der Waals surface area contributed by atoms with Gasteiger partial charge in [-0.1, -0.05) is 0 Å². The number of rotatable bonds is 3. The first-order valence-corrected chi connectivity index (χ1v) is 5.82. The first-order chi connectivity index (χ1) is 7.85. The Labute approximate surface area is 96.4 Å². The van der Waals surface area contributed by atoms with Crippen LogP contribution < -0.4 is 15.4 Å². The molecule has 4 nitrogen and oxygen atoms in total. The average Bonchev–Trinajstić information content (AvgIpc) is 2.39. The molecule has 0 bridgehead atoms. The molecule has 1 saturated heterocycles. The Hall–Kier alpha value is -1.29. The van der Waals surface area contributed by atoms with Gasteiger partial charge in [0.25, 0.3) is 0 Å². The van der Waals surface area contributed by atoms with Gasteiger partial charge in [-0.05, 0) is 31.4 Å². The number of methoxy groups -OCH3 is 1. The minimum absolute atomic E-state index is 0.439. The molecule has 0 spiro atoms. The number of nitrogens with two attached hydrogens (primary N) is 1. The van der Waals surface area contributed by atoms with E-state index in [1.54, 1.807) is 13.3 Å². The maximum atomic E-state index is 5.79. The van der Waals surface area contributed by atoms with Gasteiger partial charge in [0, 0.05) is 19.1 Å². The van der Waals surface area contributed by atoms with Crippen LogP contribution in [0.2, 0.25) is 0 Å². The molecule has 0 radical (unpaired) electrons. The Morgan fingerprint density at radius 3 is 3.00 bits per heavy atom. The van der Waals surface area contributed by atoms with Gasteiger partial charge in [-0.15, -0.1) is 0 Å². The highest BCUT2D eigenvalue weighted by molar-refractivity contribution is 5.42. The molecule has 2 heterocycles. The summed E-state index contributed by atoms with van der Waals surface area (Å²) in [7, 11) is 1.65. The smallest absolute Gasteiger partial charge is 0.137 e. The molecule has 16 heavy (non-hydrogen) atoms. The number of anilines is 1. The summed E-state index contributed by atoms with van der Waals surface area (Å²) in [6, 6.07) is 4.40. The summed E-state index contributed by atoms with van der Waals surface area (Å²) in [5.74, 6) is 1.81. The molecule has 4 heteroatoms. The molecule has 1 aromatic rings. The Morgan fingerprint density at radius 1 is 1.50 bits per heavy atom. The molecule has 0 saturated carbocycles. The predicted octanol–water partition coefficient (Wildman–Crippen LogP) is 1.41. The van der Waals surface area contributed by atoms with Crippen LogP contribution in [0.1, 0.15) is 19.3 Å². The molecule has 0 aliphatic carbocycles. The van der Waals surface area contributed by atoms with Crippen molar-refractivity contribution in [3.63, 3.8) is 0 Å². The van der Waals surface area contributed by atoms with E-state index >= 15 is 0 Å². The lowest BCUT2D eigenvalue weighted by molar-refractivity contribution is 0.412. The van der Waals surface area contributed by atoms with Gasteiger partial charge in [0.1, 0.15) is 11.6 Å². The fraction of sp³-hybridized carbons (Fsp3) is 0.583. The summed E-state index contributed by atoms with van der Waals surface area (Å²) in [6.07, 6.45) is 5.43. The molecule has 2 N–H and O–H groups in total. The summed E-state index contributed by atoms with van der Waals surface area (Å²) in [6.45, 7) is 1.76. The normalized spacial score (nSPS) is 20.9. The third-order valence-corrected chi connectivity index (χ3v) is 3.15. The molecule has 1 unspecified atom stereocenters. The van der Waals surface area contributed by atoms with E-state index in [1.807, 2.05) is 12.1 Å². The number of aromatic nitrogens is 1. The van der Waals surface area contributed by atoms with Crippen molar-refractivity contribution in [1.82, 2.24) is 4.98 Å². The van der Waals surface area contributed by atoms with Crippen molar-refractivity contribution in [2.24, 2.45) is 5.73 Å². The Bertz CT molecular complexity index is 326. The second-order valence-corrected chi connectivity index (χ2v) is 4.13. The van der Waals surface area contributed by atoms with Crippen LogP contribution in [0.3, 0.4) is 0 Å². The third-order valence-electron chi connectivity index (χ3n) is 3.15. The molecule has 1 aliphatic rings. The van der Waals surface area contributed by atoms with Gasteiger partial charge in [0.05, 0.1) is 13.3 Å². The fourth-order valence-corrected chi connectivity index (χ4v) is 2.21. The predicted molar refractivity (Wildman–Crippen MR) is 64.8 cm³/mol. The zero-order valence-corrected chi connectivity index (χ0v) is 9.72. The van der Waals surface area contributed by atoms with E-state index in [0.29, 0.717) is 12.6 Å². The highest BCUT2D eigenvalue weighted by Crippen LogP contribution is 2.23. The number of ether oxygens (including phenoxy) is 1. The van der Waals surface area contributed by atoms with Crippen molar-refractivity contribution in [3.05, 3.63) is 18.3 Å². The fourth-order valence-electron chi connectivity index (χ4n) is 2.21. The second-order valence-electron chi connectivity index (χ2n) is 4.13. The van der Waals surface area contributed by atoms with E-state index < -0.39 is 0 Å². The summed E-state index contributed by atoms with van der Waals surface area (Å²) in [5, 5.41) is 0. The number of piperidine rings is 1. The highest BCUT2D eigenvalue weighted by Gasteiger charge is 2.21. The molecule has 1 fully saturated rings. The molecular formula is C12H19N3O. The zero-order chi connectivity index (χ0) is 11.4. The molecule has 1 aromatic heterocycles. The van der Waals surface area contributed by atoms with Crippen molar-refractivity contribution >= 4 is 5.82 Å². The lowest BCUT2D eigenvalue weighted by Crippen LogP contribution is -2.44. The van der Waals surface area contributed by atoms with Crippen LogP contribution in [0.25, 0.3) is 0 Å². The Morgan fingerprint density at radius 2 is 2.38 bits per heavy atom. The Balaban J connectivity index is 2.14. The zero-order valence-electron chi connectivity index (χ0n) is 9.72. The maximum Gasteiger partial charge on any atom is 0.137 e. The van der Waals surface area contributed by atoms with Crippen molar-refractivity contribution < 1.29 is 4.74 Å². The molecule has 1 atom stereocenters. The van der Waals surface area contributed by atoms with E-state index in [-0.39, 0.29) is 0 Å². The first kappa shape index (κ1) is 11.2. The summed E-state index contributed by atoms with van der Waals surface area (Å²) in [5.41, 5.74) is 5.79. The Kier molecular flexibility index (Phi) is 3.62.